The Labute approximate surface area is 115 Å². The maximum Gasteiger partial charge on any atom is 0.266 e. The van der Waals surface area contributed by atoms with Crippen LogP contribution in [0.4, 0.5) is 5.69 Å². The van der Waals surface area contributed by atoms with Crippen LogP contribution in [-0.4, -0.2) is 28.4 Å². The van der Waals surface area contributed by atoms with Gasteiger partial charge in [0, 0.05) is 30.4 Å². The van der Waals surface area contributed by atoms with E-state index >= 15 is 0 Å². The lowest BCUT2D eigenvalue weighted by atomic mass is 10.1. The third kappa shape index (κ3) is 1.57. The fraction of sp³-hybridized carbons (Fsp3) is 0.429. The Hall–Kier alpha value is -1.62. The van der Waals surface area contributed by atoms with Gasteiger partial charge in [0.15, 0.2) is 0 Å². The highest BCUT2D eigenvalue weighted by atomic mass is 32.1. The van der Waals surface area contributed by atoms with E-state index in [9.17, 15) is 4.79 Å². The molecule has 4 rings (SSSR count). The summed E-state index contributed by atoms with van der Waals surface area (Å²) < 4.78 is 0.993. The molecule has 4 nitrogen and oxygen atoms in total. The number of amides is 1. The maximum atomic E-state index is 12.7. The van der Waals surface area contributed by atoms with Crippen molar-refractivity contribution < 1.29 is 4.79 Å². The largest absolute Gasteiger partial charge is 0.397 e. The molecule has 98 valence electrons. The van der Waals surface area contributed by atoms with Gasteiger partial charge in [-0.3, -0.25) is 9.78 Å². The van der Waals surface area contributed by atoms with Crippen LogP contribution in [-0.2, 0) is 0 Å². The van der Waals surface area contributed by atoms with Crippen molar-refractivity contribution >= 4 is 33.0 Å². The van der Waals surface area contributed by atoms with Gasteiger partial charge < -0.3 is 10.6 Å². The SMILES string of the molecule is Nc1c(C(=O)N2CC3CCC2C3)sc2cnccc12. The highest BCUT2D eigenvalue weighted by molar-refractivity contribution is 7.21. The average Bonchev–Trinajstić information content (AvgIpc) is 3.13. The van der Waals surface area contributed by atoms with Crippen molar-refractivity contribution in [3.63, 3.8) is 0 Å². The van der Waals surface area contributed by atoms with Gasteiger partial charge in [0.1, 0.15) is 4.88 Å². The Morgan fingerprint density at radius 2 is 2.37 bits per heavy atom. The number of likely N-dealkylation sites (tertiary alicyclic amines) is 1. The van der Waals surface area contributed by atoms with Crippen molar-refractivity contribution in [2.75, 3.05) is 12.3 Å². The average molecular weight is 273 g/mol. The van der Waals surface area contributed by atoms with E-state index < -0.39 is 0 Å². The van der Waals surface area contributed by atoms with E-state index in [1.807, 2.05) is 11.0 Å². The summed E-state index contributed by atoms with van der Waals surface area (Å²) in [7, 11) is 0. The first-order valence-electron chi connectivity index (χ1n) is 6.67. The fourth-order valence-electron chi connectivity index (χ4n) is 3.43. The standard InChI is InChI=1S/C14H15N3OS/c15-12-10-3-4-16-6-11(10)19-13(12)14(18)17-7-8-1-2-9(17)5-8/h3-4,6,8-9H,1-2,5,7,15H2. The predicted molar refractivity (Wildman–Crippen MR) is 76.2 cm³/mol. The third-order valence-electron chi connectivity index (χ3n) is 4.40. The van der Waals surface area contributed by atoms with E-state index in [1.165, 1.54) is 24.2 Å². The van der Waals surface area contributed by atoms with Gasteiger partial charge in [0.25, 0.3) is 5.91 Å². The first kappa shape index (κ1) is 11.2. The van der Waals surface area contributed by atoms with Crippen molar-refractivity contribution in [1.29, 1.82) is 0 Å². The molecule has 2 atom stereocenters. The molecular formula is C14H15N3OS. The van der Waals surface area contributed by atoms with Crippen LogP contribution in [0.25, 0.3) is 10.1 Å². The van der Waals surface area contributed by atoms with Crippen LogP contribution in [0.5, 0.6) is 0 Å². The first-order valence-corrected chi connectivity index (χ1v) is 7.48. The lowest BCUT2D eigenvalue weighted by molar-refractivity contribution is 0.0709. The smallest absolute Gasteiger partial charge is 0.266 e. The van der Waals surface area contributed by atoms with Crippen LogP contribution in [0.15, 0.2) is 18.5 Å². The number of aromatic nitrogens is 1. The Morgan fingerprint density at radius 1 is 1.47 bits per heavy atom. The number of nitrogens with zero attached hydrogens (tertiary/aromatic N) is 2. The Morgan fingerprint density at radius 3 is 3.05 bits per heavy atom. The van der Waals surface area contributed by atoms with E-state index in [0.717, 1.165) is 23.1 Å². The number of hydrogen-bond acceptors (Lipinski definition) is 4. The Balaban J connectivity index is 1.74. The van der Waals surface area contributed by atoms with Gasteiger partial charge in [0.05, 0.1) is 10.4 Å². The topological polar surface area (TPSA) is 59.2 Å². The zero-order valence-electron chi connectivity index (χ0n) is 10.5. The van der Waals surface area contributed by atoms with Gasteiger partial charge in [0.2, 0.25) is 0 Å². The maximum absolute atomic E-state index is 12.7. The lowest BCUT2D eigenvalue weighted by Crippen LogP contribution is -2.37. The number of nitrogen functional groups attached to an aromatic ring is 1. The van der Waals surface area contributed by atoms with Crippen LogP contribution in [0, 0.1) is 5.92 Å². The van der Waals surface area contributed by atoms with Crippen molar-refractivity contribution in [1.82, 2.24) is 9.88 Å². The van der Waals surface area contributed by atoms with E-state index in [0.29, 0.717) is 22.5 Å². The Kier molecular flexibility index (Phi) is 2.33. The van der Waals surface area contributed by atoms with Crippen molar-refractivity contribution in [3.8, 4) is 0 Å². The molecule has 0 radical (unpaired) electrons. The summed E-state index contributed by atoms with van der Waals surface area (Å²) in [5, 5.41) is 0.952. The van der Waals surface area contributed by atoms with Gasteiger partial charge >= 0.3 is 0 Å². The highest BCUT2D eigenvalue weighted by Gasteiger charge is 2.41. The number of pyridine rings is 1. The molecule has 2 bridgehead atoms. The fourth-order valence-corrected chi connectivity index (χ4v) is 4.48. The quantitative estimate of drug-likeness (QED) is 0.868. The van der Waals surface area contributed by atoms with E-state index in [4.69, 9.17) is 5.73 Å². The molecule has 1 saturated carbocycles. The number of fused-ring (bicyclic) bond motifs is 3. The van der Waals surface area contributed by atoms with E-state index in [1.54, 1.807) is 12.4 Å². The summed E-state index contributed by atoms with van der Waals surface area (Å²) in [5.74, 6) is 0.831. The van der Waals surface area contributed by atoms with Crippen LogP contribution < -0.4 is 5.73 Å². The minimum Gasteiger partial charge on any atom is -0.397 e. The molecule has 0 spiro atoms. The number of anilines is 1. The number of carbonyl (C=O) groups excluding carboxylic acids is 1. The number of carbonyl (C=O) groups is 1. The first-order chi connectivity index (χ1) is 9.24. The van der Waals surface area contributed by atoms with Crippen LogP contribution in [0.2, 0.25) is 0 Å². The summed E-state index contributed by atoms with van der Waals surface area (Å²) in [6.45, 7) is 0.912. The summed E-state index contributed by atoms with van der Waals surface area (Å²) in [6, 6.07) is 2.33. The zero-order chi connectivity index (χ0) is 13.0. The monoisotopic (exact) mass is 273 g/mol. The van der Waals surface area contributed by atoms with Crippen molar-refractivity contribution in [3.05, 3.63) is 23.3 Å². The van der Waals surface area contributed by atoms with Gasteiger partial charge in [-0.25, -0.2) is 0 Å². The second-order valence-corrected chi connectivity index (χ2v) is 6.56. The molecule has 2 aromatic heterocycles. The van der Waals surface area contributed by atoms with Crippen LogP contribution >= 0.6 is 11.3 Å². The molecule has 1 aliphatic carbocycles. The van der Waals surface area contributed by atoms with Crippen molar-refractivity contribution in [2.45, 2.75) is 25.3 Å². The number of piperidine rings is 1. The van der Waals surface area contributed by atoms with Crippen molar-refractivity contribution in [2.24, 2.45) is 5.92 Å². The summed E-state index contributed by atoms with van der Waals surface area (Å²) in [6.07, 6.45) is 7.11. The second-order valence-electron chi connectivity index (χ2n) is 5.51. The van der Waals surface area contributed by atoms with Gasteiger partial charge in [-0.15, -0.1) is 11.3 Å². The number of thiophene rings is 1. The molecule has 2 aromatic rings. The Bertz CT molecular complexity index is 666. The third-order valence-corrected chi connectivity index (χ3v) is 5.54. The highest BCUT2D eigenvalue weighted by Crippen LogP contribution is 2.40. The molecule has 3 heterocycles. The minimum atomic E-state index is 0.117. The predicted octanol–water partition coefficient (Wildman–Crippen LogP) is 2.50. The molecule has 1 saturated heterocycles. The molecule has 5 heteroatoms. The molecule has 2 unspecified atom stereocenters. The number of hydrogen-bond donors (Lipinski definition) is 1. The number of nitrogens with two attached hydrogens (primary N) is 1. The van der Waals surface area contributed by atoms with Gasteiger partial charge in [-0.2, -0.15) is 0 Å². The molecule has 1 amide bonds. The van der Waals surface area contributed by atoms with E-state index in [2.05, 4.69) is 4.98 Å². The molecule has 2 N–H and O–H groups in total. The van der Waals surface area contributed by atoms with E-state index in [-0.39, 0.29) is 5.91 Å². The molecule has 19 heavy (non-hydrogen) atoms. The summed E-state index contributed by atoms with van der Waals surface area (Å²) >= 11 is 1.47. The van der Waals surface area contributed by atoms with Crippen LogP contribution in [0.1, 0.15) is 28.9 Å². The second kappa shape index (κ2) is 3.93. The molecule has 1 aliphatic heterocycles. The molecule has 2 aliphatic rings. The van der Waals surface area contributed by atoms with Gasteiger partial charge in [-0.1, -0.05) is 0 Å². The molecule has 2 fully saturated rings. The van der Waals surface area contributed by atoms with Gasteiger partial charge in [-0.05, 0) is 31.2 Å². The summed E-state index contributed by atoms with van der Waals surface area (Å²) in [5.41, 5.74) is 6.76. The summed E-state index contributed by atoms with van der Waals surface area (Å²) in [4.78, 5) is 19.5. The lowest BCUT2D eigenvalue weighted by Gasteiger charge is -2.26. The minimum absolute atomic E-state index is 0.117. The normalized spacial score (nSPS) is 25.4. The molecular weight excluding hydrogens is 258 g/mol. The molecule has 0 aromatic carbocycles. The zero-order valence-corrected chi connectivity index (χ0v) is 11.3. The number of rotatable bonds is 1. The van der Waals surface area contributed by atoms with Crippen LogP contribution in [0.3, 0.4) is 0 Å².